The van der Waals surface area contributed by atoms with Crippen LogP contribution in [0.1, 0.15) is 25.7 Å². The lowest BCUT2D eigenvalue weighted by molar-refractivity contribution is 0.142. The zero-order valence-corrected chi connectivity index (χ0v) is 8.30. The van der Waals surface area contributed by atoms with Crippen LogP contribution in [0.3, 0.4) is 0 Å². The van der Waals surface area contributed by atoms with Gasteiger partial charge in [-0.15, -0.1) is 0 Å². The third-order valence-electron chi connectivity index (χ3n) is 3.12. The second-order valence-corrected chi connectivity index (χ2v) is 4.50. The van der Waals surface area contributed by atoms with Crippen LogP contribution in [0, 0.1) is 0 Å². The van der Waals surface area contributed by atoms with Crippen LogP contribution < -0.4 is 5.73 Å². The van der Waals surface area contributed by atoms with Crippen LogP contribution >= 0.6 is 0 Å². The SMILES string of the molecule is NC1(CN2CCCCC2)CCOC1. The lowest BCUT2D eigenvalue weighted by Crippen LogP contribution is -2.51. The average Bonchev–Trinajstić information content (AvgIpc) is 2.54. The van der Waals surface area contributed by atoms with Crippen LogP contribution in [0.25, 0.3) is 0 Å². The van der Waals surface area contributed by atoms with Crippen LogP contribution in [-0.2, 0) is 4.74 Å². The van der Waals surface area contributed by atoms with Gasteiger partial charge in [0.25, 0.3) is 0 Å². The third-order valence-corrected chi connectivity index (χ3v) is 3.12. The molecule has 0 amide bonds. The number of hydrogen-bond acceptors (Lipinski definition) is 3. The lowest BCUT2D eigenvalue weighted by Gasteiger charge is -2.33. The molecule has 0 radical (unpaired) electrons. The Kier molecular flexibility index (Phi) is 2.86. The topological polar surface area (TPSA) is 38.5 Å². The number of piperidine rings is 1. The number of ether oxygens (including phenoxy) is 1. The van der Waals surface area contributed by atoms with E-state index in [9.17, 15) is 0 Å². The third kappa shape index (κ3) is 2.42. The lowest BCUT2D eigenvalue weighted by atomic mass is 9.98. The largest absolute Gasteiger partial charge is 0.379 e. The van der Waals surface area contributed by atoms with Gasteiger partial charge in [0.05, 0.1) is 12.1 Å². The van der Waals surface area contributed by atoms with Gasteiger partial charge in [0.2, 0.25) is 0 Å². The molecule has 76 valence electrons. The van der Waals surface area contributed by atoms with Gasteiger partial charge in [0.15, 0.2) is 0 Å². The van der Waals surface area contributed by atoms with E-state index in [-0.39, 0.29) is 5.54 Å². The molecule has 2 rings (SSSR count). The van der Waals surface area contributed by atoms with Gasteiger partial charge in [-0.05, 0) is 32.4 Å². The van der Waals surface area contributed by atoms with E-state index >= 15 is 0 Å². The Morgan fingerprint density at radius 1 is 1.23 bits per heavy atom. The van der Waals surface area contributed by atoms with E-state index in [4.69, 9.17) is 10.5 Å². The molecule has 3 nitrogen and oxygen atoms in total. The molecule has 0 aliphatic carbocycles. The van der Waals surface area contributed by atoms with Crippen LogP contribution in [-0.4, -0.2) is 43.3 Å². The molecule has 2 saturated heterocycles. The van der Waals surface area contributed by atoms with Gasteiger partial charge >= 0.3 is 0 Å². The smallest absolute Gasteiger partial charge is 0.0659 e. The molecule has 3 heteroatoms. The minimum absolute atomic E-state index is 0.0443. The summed E-state index contributed by atoms with van der Waals surface area (Å²) in [4.78, 5) is 2.50. The predicted octanol–water partition coefficient (Wildman–Crippen LogP) is 0.590. The zero-order chi connectivity index (χ0) is 9.15. The molecule has 1 atom stereocenters. The van der Waals surface area contributed by atoms with Gasteiger partial charge in [0.1, 0.15) is 0 Å². The molecule has 1 unspecified atom stereocenters. The van der Waals surface area contributed by atoms with E-state index in [0.29, 0.717) is 0 Å². The Hall–Kier alpha value is -0.120. The standard InChI is InChI=1S/C10H20N2O/c11-10(4-7-13-9-10)8-12-5-2-1-3-6-12/h1-9,11H2. The van der Waals surface area contributed by atoms with Crippen molar-refractivity contribution in [1.29, 1.82) is 0 Å². The molecule has 2 fully saturated rings. The first kappa shape index (κ1) is 9.44. The highest BCUT2D eigenvalue weighted by molar-refractivity contribution is 4.91. The molecule has 0 bridgehead atoms. The summed E-state index contributed by atoms with van der Waals surface area (Å²) in [6.07, 6.45) is 5.11. The number of nitrogens with zero attached hydrogens (tertiary/aromatic N) is 1. The Balaban J connectivity index is 1.81. The first-order valence-corrected chi connectivity index (χ1v) is 5.38. The van der Waals surface area contributed by atoms with Crippen LogP contribution in [0.2, 0.25) is 0 Å². The second-order valence-electron chi connectivity index (χ2n) is 4.50. The summed E-state index contributed by atoms with van der Waals surface area (Å²) in [5.74, 6) is 0. The van der Waals surface area contributed by atoms with E-state index in [0.717, 1.165) is 26.2 Å². The Morgan fingerprint density at radius 2 is 2.00 bits per heavy atom. The molecule has 0 saturated carbocycles. The molecule has 2 heterocycles. The first-order chi connectivity index (χ1) is 6.29. The van der Waals surface area contributed by atoms with Crippen molar-refractivity contribution in [3.63, 3.8) is 0 Å². The maximum atomic E-state index is 6.22. The highest BCUT2D eigenvalue weighted by Crippen LogP contribution is 2.19. The normalized spacial score (nSPS) is 36.7. The molecule has 2 aliphatic rings. The number of likely N-dealkylation sites (tertiary alicyclic amines) is 1. The van der Waals surface area contributed by atoms with Crippen LogP contribution in [0.5, 0.6) is 0 Å². The van der Waals surface area contributed by atoms with Gasteiger partial charge in [-0.3, -0.25) is 0 Å². The second kappa shape index (κ2) is 3.95. The fraction of sp³-hybridized carbons (Fsp3) is 1.00. The number of nitrogens with two attached hydrogens (primary N) is 1. The Labute approximate surface area is 80.2 Å². The Bertz CT molecular complexity index is 160. The summed E-state index contributed by atoms with van der Waals surface area (Å²) in [6.45, 7) is 5.11. The summed E-state index contributed by atoms with van der Waals surface area (Å²) < 4.78 is 5.35. The van der Waals surface area contributed by atoms with Crippen molar-refractivity contribution in [2.75, 3.05) is 32.8 Å². The monoisotopic (exact) mass is 184 g/mol. The molecule has 13 heavy (non-hydrogen) atoms. The van der Waals surface area contributed by atoms with E-state index in [1.54, 1.807) is 0 Å². The van der Waals surface area contributed by atoms with Gasteiger partial charge in [-0.2, -0.15) is 0 Å². The molecule has 0 aromatic rings. The van der Waals surface area contributed by atoms with Gasteiger partial charge in [-0.1, -0.05) is 6.42 Å². The quantitative estimate of drug-likeness (QED) is 0.682. The molecular formula is C10H20N2O. The molecular weight excluding hydrogens is 164 g/mol. The van der Waals surface area contributed by atoms with Crippen molar-refractivity contribution in [3.05, 3.63) is 0 Å². The van der Waals surface area contributed by atoms with Crippen molar-refractivity contribution < 1.29 is 4.74 Å². The fourth-order valence-electron chi connectivity index (χ4n) is 2.31. The van der Waals surface area contributed by atoms with E-state index in [1.165, 1.54) is 32.4 Å². The molecule has 2 N–H and O–H groups in total. The maximum absolute atomic E-state index is 6.22. The zero-order valence-electron chi connectivity index (χ0n) is 8.30. The minimum Gasteiger partial charge on any atom is -0.379 e. The molecule has 0 aromatic carbocycles. The first-order valence-electron chi connectivity index (χ1n) is 5.38. The van der Waals surface area contributed by atoms with E-state index < -0.39 is 0 Å². The van der Waals surface area contributed by atoms with Gasteiger partial charge in [-0.25, -0.2) is 0 Å². The van der Waals surface area contributed by atoms with Gasteiger partial charge < -0.3 is 15.4 Å². The Morgan fingerprint density at radius 3 is 2.62 bits per heavy atom. The van der Waals surface area contributed by atoms with E-state index in [1.807, 2.05) is 0 Å². The highest BCUT2D eigenvalue weighted by atomic mass is 16.5. The molecule has 0 spiro atoms. The minimum atomic E-state index is -0.0443. The van der Waals surface area contributed by atoms with E-state index in [2.05, 4.69) is 4.90 Å². The van der Waals surface area contributed by atoms with Crippen LogP contribution in [0.4, 0.5) is 0 Å². The maximum Gasteiger partial charge on any atom is 0.0659 e. The van der Waals surface area contributed by atoms with Gasteiger partial charge in [0, 0.05) is 13.2 Å². The van der Waals surface area contributed by atoms with Crippen LogP contribution in [0.15, 0.2) is 0 Å². The molecule has 2 aliphatic heterocycles. The predicted molar refractivity (Wildman–Crippen MR) is 52.6 cm³/mol. The summed E-state index contributed by atoms with van der Waals surface area (Å²) in [5, 5.41) is 0. The van der Waals surface area contributed by atoms with Crippen molar-refractivity contribution in [1.82, 2.24) is 4.90 Å². The highest BCUT2D eigenvalue weighted by Gasteiger charge is 2.32. The average molecular weight is 184 g/mol. The summed E-state index contributed by atoms with van der Waals surface area (Å²) in [7, 11) is 0. The summed E-state index contributed by atoms with van der Waals surface area (Å²) >= 11 is 0. The van der Waals surface area contributed by atoms with Crippen molar-refractivity contribution in [2.24, 2.45) is 5.73 Å². The number of hydrogen-bond donors (Lipinski definition) is 1. The summed E-state index contributed by atoms with van der Waals surface area (Å²) in [5.41, 5.74) is 6.18. The van der Waals surface area contributed by atoms with Crippen molar-refractivity contribution in [3.8, 4) is 0 Å². The number of rotatable bonds is 2. The van der Waals surface area contributed by atoms with Crippen molar-refractivity contribution in [2.45, 2.75) is 31.2 Å². The van der Waals surface area contributed by atoms with Crippen molar-refractivity contribution >= 4 is 0 Å². The fourth-order valence-corrected chi connectivity index (χ4v) is 2.31. The molecule has 0 aromatic heterocycles. The summed E-state index contributed by atoms with van der Waals surface area (Å²) in [6, 6.07) is 0.